The number of ether oxygens (including phenoxy) is 1. The van der Waals surface area contributed by atoms with Gasteiger partial charge in [0, 0.05) is 6.42 Å². The number of anilines is 1. The number of fused-ring (bicyclic) bond motifs is 1. The Hall–Kier alpha value is -3.35. The number of carbonyl (C=O) groups is 2. The molecule has 0 radical (unpaired) electrons. The summed E-state index contributed by atoms with van der Waals surface area (Å²) in [7, 11) is 1.61. The predicted octanol–water partition coefficient (Wildman–Crippen LogP) is 3.28. The zero-order valence-electron chi connectivity index (χ0n) is 16.9. The average Bonchev–Trinajstić information content (AvgIpc) is 3.12. The molecule has 7 heteroatoms. The first-order valence-corrected chi connectivity index (χ1v) is 9.65. The van der Waals surface area contributed by atoms with Gasteiger partial charge in [0.2, 0.25) is 17.8 Å². The van der Waals surface area contributed by atoms with E-state index in [-0.39, 0.29) is 24.2 Å². The molecule has 3 N–H and O–H groups in total. The number of para-hydroxylation sites is 3. The zero-order chi connectivity index (χ0) is 20.8. The molecule has 3 rings (SSSR count). The number of imidazole rings is 1. The first kappa shape index (κ1) is 20.4. The number of rotatable bonds is 8. The maximum atomic E-state index is 12.7. The van der Waals surface area contributed by atoms with Crippen molar-refractivity contribution in [2.45, 2.75) is 32.7 Å². The van der Waals surface area contributed by atoms with Crippen LogP contribution in [0.4, 0.5) is 5.95 Å². The van der Waals surface area contributed by atoms with Gasteiger partial charge in [-0.3, -0.25) is 14.9 Å². The molecule has 0 saturated heterocycles. The molecule has 1 heterocycles. The summed E-state index contributed by atoms with van der Waals surface area (Å²) in [5.41, 5.74) is 2.56. The van der Waals surface area contributed by atoms with E-state index in [1.165, 1.54) is 0 Å². The summed E-state index contributed by atoms with van der Waals surface area (Å²) >= 11 is 0. The van der Waals surface area contributed by atoms with E-state index >= 15 is 0 Å². The van der Waals surface area contributed by atoms with E-state index in [1.54, 1.807) is 7.11 Å². The molecule has 3 aromatic rings. The molecule has 29 heavy (non-hydrogen) atoms. The minimum absolute atomic E-state index is 0.0745. The van der Waals surface area contributed by atoms with E-state index in [0.717, 1.165) is 22.3 Å². The van der Waals surface area contributed by atoms with Gasteiger partial charge in [0.1, 0.15) is 11.8 Å². The number of methoxy groups -OCH3 is 1. The second-order valence-corrected chi connectivity index (χ2v) is 7.19. The Bertz CT molecular complexity index is 963. The summed E-state index contributed by atoms with van der Waals surface area (Å²) in [4.78, 5) is 32.6. The van der Waals surface area contributed by atoms with Gasteiger partial charge >= 0.3 is 0 Å². The topological polar surface area (TPSA) is 96.1 Å². The molecule has 0 aliphatic heterocycles. The van der Waals surface area contributed by atoms with Crippen LogP contribution in [0.1, 0.15) is 25.8 Å². The highest BCUT2D eigenvalue weighted by atomic mass is 16.5. The van der Waals surface area contributed by atoms with Crippen molar-refractivity contribution in [2.24, 2.45) is 5.92 Å². The van der Waals surface area contributed by atoms with Crippen LogP contribution in [0.25, 0.3) is 11.0 Å². The fraction of sp³-hybridized carbons (Fsp3) is 0.318. The molecule has 0 saturated carbocycles. The van der Waals surface area contributed by atoms with Gasteiger partial charge in [-0.2, -0.15) is 0 Å². The predicted molar refractivity (Wildman–Crippen MR) is 113 cm³/mol. The second kappa shape index (κ2) is 9.23. The summed E-state index contributed by atoms with van der Waals surface area (Å²) in [6.45, 7) is 3.78. The standard InChI is InChI=1S/C22H26N4O3/c1-14(2)20(21(28)26-22-23-16-9-5-6-10-17(16)24-22)25-19(27)13-12-15-8-4-7-11-18(15)29-3/h4-11,14,20H,12-13H2,1-3H3,(H,25,27)(H2,23,24,26,28)/t20-/m0/s1. The molecule has 1 atom stereocenters. The Morgan fingerprint density at radius 3 is 2.55 bits per heavy atom. The van der Waals surface area contributed by atoms with Crippen LogP contribution >= 0.6 is 0 Å². The molecule has 0 aliphatic rings. The number of aryl methyl sites for hydroxylation is 1. The number of aromatic amines is 1. The van der Waals surface area contributed by atoms with Crippen molar-refractivity contribution in [2.75, 3.05) is 12.4 Å². The highest BCUT2D eigenvalue weighted by Crippen LogP contribution is 2.19. The van der Waals surface area contributed by atoms with Crippen LogP contribution in [0.3, 0.4) is 0 Å². The Labute approximate surface area is 169 Å². The first-order valence-electron chi connectivity index (χ1n) is 9.65. The van der Waals surface area contributed by atoms with E-state index < -0.39 is 6.04 Å². The van der Waals surface area contributed by atoms with E-state index in [9.17, 15) is 9.59 Å². The van der Waals surface area contributed by atoms with Crippen molar-refractivity contribution < 1.29 is 14.3 Å². The molecule has 1 aromatic heterocycles. The number of carbonyl (C=O) groups excluding carboxylic acids is 2. The zero-order valence-corrected chi connectivity index (χ0v) is 16.9. The maximum Gasteiger partial charge on any atom is 0.249 e. The van der Waals surface area contributed by atoms with Gasteiger partial charge in [0.05, 0.1) is 18.1 Å². The number of amides is 2. The molecular formula is C22H26N4O3. The fourth-order valence-corrected chi connectivity index (χ4v) is 3.14. The normalized spacial score (nSPS) is 12.0. The van der Waals surface area contributed by atoms with Crippen molar-refractivity contribution >= 4 is 28.8 Å². The van der Waals surface area contributed by atoms with Crippen molar-refractivity contribution in [3.8, 4) is 5.75 Å². The van der Waals surface area contributed by atoms with E-state index in [1.807, 2.05) is 62.4 Å². The third-order valence-corrected chi connectivity index (χ3v) is 4.71. The van der Waals surface area contributed by atoms with Crippen LogP contribution in [0.15, 0.2) is 48.5 Å². The smallest absolute Gasteiger partial charge is 0.249 e. The molecule has 2 aromatic carbocycles. The lowest BCUT2D eigenvalue weighted by Gasteiger charge is -2.21. The number of hydrogen-bond donors (Lipinski definition) is 3. The van der Waals surface area contributed by atoms with Crippen LogP contribution in [0, 0.1) is 5.92 Å². The van der Waals surface area contributed by atoms with Crippen LogP contribution in [-0.4, -0.2) is 34.9 Å². The van der Waals surface area contributed by atoms with Gasteiger partial charge in [-0.05, 0) is 36.1 Å². The van der Waals surface area contributed by atoms with Gasteiger partial charge in [-0.15, -0.1) is 0 Å². The van der Waals surface area contributed by atoms with Crippen LogP contribution in [0.5, 0.6) is 5.75 Å². The molecule has 0 fully saturated rings. The Kier molecular flexibility index (Phi) is 6.49. The van der Waals surface area contributed by atoms with Crippen LogP contribution in [0.2, 0.25) is 0 Å². The van der Waals surface area contributed by atoms with Crippen molar-refractivity contribution in [1.82, 2.24) is 15.3 Å². The van der Waals surface area contributed by atoms with Gasteiger partial charge in [0.15, 0.2) is 0 Å². The summed E-state index contributed by atoms with van der Waals surface area (Å²) in [6.07, 6.45) is 0.799. The summed E-state index contributed by atoms with van der Waals surface area (Å²) in [5.74, 6) is 0.558. The molecule has 0 aliphatic carbocycles. The van der Waals surface area contributed by atoms with Crippen LogP contribution < -0.4 is 15.4 Å². The number of nitrogens with zero attached hydrogens (tertiary/aromatic N) is 1. The quantitative estimate of drug-likeness (QED) is 0.546. The second-order valence-electron chi connectivity index (χ2n) is 7.19. The minimum Gasteiger partial charge on any atom is -0.496 e. The van der Waals surface area contributed by atoms with Gasteiger partial charge in [0.25, 0.3) is 0 Å². The van der Waals surface area contributed by atoms with Crippen LogP contribution in [-0.2, 0) is 16.0 Å². The SMILES string of the molecule is COc1ccccc1CCC(=O)N[C@H](C(=O)Nc1nc2ccccc2[nH]1)C(C)C. The van der Waals surface area contributed by atoms with Gasteiger partial charge < -0.3 is 15.0 Å². The van der Waals surface area contributed by atoms with Crippen molar-refractivity contribution in [3.63, 3.8) is 0 Å². The molecule has 0 spiro atoms. The third kappa shape index (κ3) is 5.13. The molecule has 7 nitrogen and oxygen atoms in total. The lowest BCUT2D eigenvalue weighted by atomic mass is 10.0. The van der Waals surface area contributed by atoms with Gasteiger partial charge in [-0.25, -0.2) is 4.98 Å². The fourth-order valence-electron chi connectivity index (χ4n) is 3.14. The molecular weight excluding hydrogens is 368 g/mol. The number of benzene rings is 2. The van der Waals surface area contributed by atoms with E-state index in [2.05, 4.69) is 20.6 Å². The minimum atomic E-state index is -0.659. The highest BCUT2D eigenvalue weighted by Gasteiger charge is 2.25. The number of H-pyrrole nitrogens is 1. The largest absolute Gasteiger partial charge is 0.496 e. The Balaban J connectivity index is 1.61. The van der Waals surface area contributed by atoms with E-state index in [4.69, 9.17) is 4.74 Å². The first-order chi connectivity index (χ1) is 14.0. The molecule has 0 unspecified atom stereocenters. The Morgan fingerprint density at radius 1 is 1.10 bits per heavy atom. The lowest BCUT2D eigenvalue weighted by molar-refractivity contribution is -0.127. The summed E-state index contributed by atoms with van der Waals surface area (Å²) < 4.78 is 5.32. The van der Waals surface area contributed by atoms with Gasteiger partial charge in [-0.1, -0.05) is 44.2 Å². The highest BCUT2D eigenvalue weighted by molar-refractivity contribution is 5.97. The maximum absolute atomic E-state index is 12.7. The van der Waals surface area contributed by atoms with Crippen molar-refractivity contribution in [3.05, 3.63) is 54.1 Å². The number of hydrogen-bond acceptors (Lipinski definition) is 4. The lowest BCUT2D eigenvalue weighted by Crippen LogP contribution is -2.47. The third-order valence-electron chi connectivity index (χ3n) is 4.71. The molecule has 2 amide bonds. The van der Waals surface area contributed by atoms with Crippen molar-refractivity contribution in [1.29, 1.82) is 0 Å². The van der Waals surface area contributed by atoms with E-state index in [0.29, 0.717) is 12.4 Å². The number of aromatic nitrogens is 2. The molecule has 152 valence electrons. The number of nitrogens with one attached hydrogen (secondary N) is 3. The summed E-state index contributed by atoms with van der Waals surface area (Å²) in [5, 5.41) is 5.61. The average molecular weight is 394 g/mol. The molecule has 0 bridgehead atoms. The summed E-state index contributed by atoms with van der Waals surface area (Å²) in [6, 6.07) is 14.5. The monoisotopic (exact) mass is 394 g/mol. The Morgan fingerprint density at radius 2 is 1.83 bits per heavy atom.